The first-order valence-corrected chi connectivity index (χ1v) is 7.16. The lowest BCUT2D eigenvalue weighted by Gasteiger charge is -2.20. The van der Waals surface area contributed by atoms with E-state index in [2.05, 4.69) is 55.3 Å². The molecule has 0 aromatic heterocycles. The fraction of sp³-hybridized carbons (Fsp3) is 0.625. The van der Waals surface area contributed by atoms with Crippen LogP contribution >= 0.6 is 0 Å². The Morgan fingerprint density at radius 2 is 2.11 bits per heavy atom. The number of rotatable bonds is 5. The first-order chi connectivity index (χ1) is 8.66. The molecule has 0 spiro atoms. The molecule has 1 aliphatic heterocycles. The van der Waals surface area contributed by atoms with E-state index in [4.69, 9.17) is 0 Å². The summed E-state index contributed by atoms with van der Waals surface area (Å²) in [7, 11) is 0. The van der Waals surface area contributed by atoms with E-state index in [0.29, 0.717) is 6.04 Å². The lowest BCUT2D eigenvalue weighted by molar-refractivity contribution is 0.264. The maximum absolute atomic E-state index is 3.62. The Bertz CT molecular complexity index is 373. The monoisotopic (exact) mass is 246 g/mol. The Balaban J connectivity index is 1.72. The molecule has 0 bridgehead atoms. The highest BCUT2D eigenvalue weighted by Crippen LogP contribution is 2.17. The summed E-state index contributed by atoms with van der Waals surface area (Å²) in [4.78, 5) is 2.58. The van der Waals surface area contributed by atoms with Gasteiger partial charge in [-0.15, -0.1) is 0 Å². The van der Waals surface area contributed by atoms with Crippen molar-refractivity contribution in [3.05, 3.63) is 35.4 Å². The largest absolute Gasteiger partial charge is 0.312 e. The van der Waals surface area contributed by atoms with Gasteiger partial charge < -0.3 is 10.2 Å². The number of nitrogens with zero attached hydrogens (tertiary/aromatic N) is 1. The topological polar surface area (TPSA) is 15.3 Å². The number of likely N-dealkylation sites (tertiary alicyclic amines) is 1. The molecule has 100 valence electrons. The van der Waals surface area contributed by atoms with Crippen molar-refractivity contribution in [3.63, 3.8) is 0 Å². The third-order valence-corrected chi connectivity index (χ3v) is 4.06. The quantitative estimate of drug-likeness (QED) is 0.859. The van der Waals surface area contributed by atoms with E-state index in [1.165, 1.54) is 30.6 Å². The fourth-order valence-electron chi connectivity index (χ4n) is 2.72. The molecule has 0 amide bonds. The molecule has 2 nitrogen and oxygen atoms in total. The summed E-state index contributed by atoms with van der Waals surface area (Å²) < 4.78 is 0. The summed E-state index contributed by atoms with van der Waals surface area (Å²) in [6, 6.07) is 9.34. The predicted octanol–water partition coefficient (Wildman–Crippen LogP) is 2.81. The van der Waals surface area contributed by atoms with Crippen molar-refractivity contribution < 1.29 is 0 Å². The van der Waals surface area contributed by atoms with E-state index in [9.17, 15) is 0 Å². The van der Waals surface area contributed by atoms with Gasteiger partial charge in [0.1, 0.15) is 0 Å². The lowest BCUT2D eigenvalue weighted by Crippen LogP contribution is -2.30. The SMILES string of the molecule is Cc1ccccc1CNCC1CCN(C(C)C)C1. The van der Waals surface area contributed by atoms with Crippen LogP contribution in [0.15, 0.2) is 24.3 Å². The molecule has 0 radical (unpaired) electrons. The van der Waals surface area contributed by atoms with E-state index in [1.54, 1.807) is 0 Å². The zero-order valence-electron chi connectivity index (χ0n) is 11.9. The molecule has 1 aromatic rings. The van der Waals surface area contributed by atoms with Crippen molar-refractivity contribution in [1.29, 1.82) is 0 Å². The molecule has 1 N–H and O–H groups in total. The third kappa shape index (κ3) is 3.56. The normalized spacial score (nSPS) is 20.8. The van der Waals surface area contributed by atoms with Crippen molar-refractivity contribution in [2.45, 2.75) is 39.8 Å². The minimum atomic E-state index is 0.700. The molecule has 0 saturated carbocycles. The number of hydrogen-bond acceptors (Lipinski definition) is 2. The number of hydrogen-bond donors (Lipinski definition) is 1. The minimum absolute atomic E-state index is 0.700. The van der Waals surface area contributed by atoms with E-state index >= 15 is 0 Å². The average molecular weight is 246 g/mol. The summed E-state index contributed by atoms with van der Waals surface area (Å²) in [6.45, 7) is 11.5. The molecule has 1 saturated heterocycles. The highest BCUT2D eigenvalue weighted by atomic mass is 15.2. The van der Waals surface area contributed by atoms with Gasteiger partial charge in [0.05, 0.1) is 0 Å². The van der Waals surface area contributed by atoms with Crippen molar-refractivity contribution >= 4 is 0 Å². The molecular formula is C16H26N2. The van der Waals surface area contributed by atoms with Crippen LogP contribution in [0, 0.1) is 12.8 Å². The first-order valence-electron chi connectivity index (χ1n) is 7.16. The molecule has 1 unspecified atom stereocenters. The van der Waals surface area contributed by atoms with Gasteiger partial charge in [-0.25, -0.2) is 0 Å². The molecule has 2 rings (SSSR count). The summed E-state index contributed by atoms with van der Waals surface area (Å²) in [6.07, 6.45) is 1.35. The number of nitrogens with one attached hydrogen (secondary N) is 1. The van der Waals surface area contributed by atoms with Gasteiger partial charge in [-0.05, 0) is 57.3 Å². The van der Waals surface area contributed by atoms with Crippen molar-refractivity contribution in [2.75, 3.05) is 19.6 Å². The van der Waals surface area contributed by atoms with Gasteiger partial charge in [0.2, 0.25) is 0 Å². The van der Waals surface area contributed by atoms with Crippen LogP contribution in [0.2, 0.25) is 0 Å². The van der Waals surface area contributed by atoms with Crippen LogP contribution in [-0.4, -0.2) is 30.6 Å². The Hall–Kier alpha value is -0.860. The van der Waals surface area contributed by atoms with Crippen LogP contribution < -0.4 is 5.32 Å². The van der Waals surface area contributed by atoms with E-state index < -0.39 is 0 Å². The Morgan fingerprint density at radius 3 is 2.78 bits per heavy atom. The second-order valence-electron chi connectivity index (χ2n) is 5.80. The van der Waals surface area contributed by atoms with Crippen molar-refractivity contribution in [3.8, 4) is 0 Å². The zero-order valence-corrected chi connectivity index (χ0v) is 11.9. The van der Waals surface area contributed by atoms with Crippen molar-refractivity contribution in [2.24, 2.45) is 5.92 Å². The Morgan fingerprint density at radius 1 is 1.33 bits per heavy atom. The predicted molar refractivity (Wildman–Crippen MR) is 77.7 cm³/mol. The van der Waals surface area contributed by atoms with E-state index in [-0.39, 0.29) is 0 Å². The molecular weight excluding hydrogens is 220 g/mol. The third-order valence-electron chi connectivity index (χ3n) is 4.06. The van der Waals surface area contributed by atoms with Crippen LogP contribution in [-0.2, 0) is 6.54 Å². The first kappa shape index (κ1) is 13.6. The van der Waals surface area contributed by atoms with Gasteiger partial charge in [-0.3, -0.25) is 0 Å². The van der Waals surface area contributed by atoms with Crippen LogP contribution in [0.1, 0.15) is 31.4 Å². The van der Waals surface area contributed by atoms with Crippen LogP contribution in [0.25, 0.3) is 0 Å². The van der Waals surface area contributed by atoms with Crippen LogP contribution in [0.3, 0.4) is 0 Å². The smallest absolute Gasteiger partial charge is 0.0208 e. The maximum atomic E-state index is 3.62. The maximum Gasteiger partial charge on any atom is 0.0208 e. The zero-order chi connectivity index (χ0) is 13.0. The number of benzene rings is 1. The summed E-state index contributed by atoms with van der Waals surface area (Å²) in [5.74, 6) is 0.830. The molecule has 18 heavy (non-hydrogen) atoms. The molecule has 1 heterocycles. The van der Waals surface area contributed by atoms with Gasteiger partial charge in [0, 0.05) is 19.1 Å². The molecule has 2 heteroatoms. The highest BCUT2D eigenvalue weighted by Gasteiger charge is 2.23. The average Bonchev–Trinajstić information content (AvgIpc) is 2.80. The summed E-state index contributed by atoms with van der Waals surface area (Å²) in [5, 5.41) is 3.62. The van der Waals surface area contributed by atoms with Crippen LogP contribution in [0.5, 0.6) is 0 Å². The Labute approximate surface area is 111 Å². The highest BCUT2D eigenvalue weighted by molar-refractivity contribution is 5.25. The Kier molecular flexibility index (Phi) is 4.79. The van der Waals surface area contributed by atoms with Crippen LogP contribution in [0.4, 0.5) is 0 Å². The second kappa shape index (κ2) is 6.35. The molecule has 1 fully saturated rings. The second-order valence-corrected chi connectivity index (χ2v) is 5.80. The summed E-state index contributed by atoms with van der Waals surface area (Å²) >= 11 is 0. The fourth-order valence-corrected chi connectivity index (χ4v) is 2.72. The minimum Gasteiger partial charge on any atom is -0.312 e. The standard InChI is InChI=1S/C16H26N2/c1-13(2)18-9-8-15(12-18)10-17-11-16-7-5-4-6-14(16)3/h4-7,13,15,17H,8-12H2,1-3H3. The van der Waals surface area contributed by atoms with E-state index in [0.717, 1.165) is 19.0 Å². The van der Waals surface area contributed by atoms with Gasteiger partial charge in [-0.2, -0.15) is 0 Å². The van der Waals surface area contributed by atoms with Crippen molar-refractivity contribution in [1.82, 2.24) is 10.2 Å². The number of aryl methyl sites for hydroxylation is 1. The molecule has 1 aliphatic rings. The van der Waals surface area contributed by atoms with Gasteiger partial charge >= 0.3 is 0 Å². The van der Waals surface area contributed by atoms with Gasteiger partial charge in [0.15, 0.2) is 0 Å². The van der Waals surface area contributed by atoms with Gasteiger partial charge in [-0.1, -0.05) is 24.3 Å². The van der Waals surface area contributed by atoms with E-state index in [1.807, 2.05) is 0 Å². The molecule has 0 aliphatic carbocycles. The molecule has 1 atom stereocenters. The summed E-state index contributed by atoms with van der Waals surface area (Å²) in [5.41, 5.74) is 2.82. The van der Waals surface area contributed by atoms with Gasteiger partial charge in [0.25, 0.3) is 0 Å². The lowest BCUT2D eigenvalue weighted by atomic mass is 10.1. The molecule has 1 aromatic carbocycles.